The van der Waals surface area contributed by atoms with E-state index in [1.165, 1.54) is 0 Å². The van der Waals surface area contributed by atoms with E-state index in [1.54, 1.807) is 22.0 Å². The van der Waals surface area contributed by atoms with Gasteiger partial charge in [0, 0.05) is 38.6 Å². The minimum absolute atomic E-state index is 0.129. The summed E-state index contributed by atoms with van der Waals surface area (Å²) in [6.45, 7) is 7.65. The van der Waals surface area contributed by atoms with E-state index in [1.807, 2.05) is 43.1 Å². The van der Waals surface area contributed by atoms with Gasteiger partial charge in [-0.1, -0.05) is 11.3 Å². The molecule has 0 saturated heterocycles. The molecule has 0 fully saturated rings. The summed E-state index contributed by atoms with van der Waals surface area (Å²) in [5.41, 5.74) is 2.65. The summed E-state index contributed by atoms with van der Waals surface area (Å²) in [5, 5.41) is 11.1. The highest BCUT2D eigenvalue weighted by atomic mass is 16.2. The van der Waals surface area contributed by atoms with E-state index < -0.39 is 0 Å². The van der Waals surface area contributed by atoms with Crippen molar-refractivity contribution in [1.29, 1.82) is 0 Å². The van der Waals surface area contributed by atoms with Gasteiger partial charge < -0.3 is 15.1 Å². The summed E-state index contributed by atoms with van der Waals surface area (Å²) >= 11 is 0. The molecule has 9 heteroatoms. The smallest absolute Gasteiger partial charge is 0.263 e. The summed E-state index contributed by atoms with van der Waals surface area (Å²) in [6.07, 6.45) is 3.33. The SMILES string of the molecule is [CH2]c1cn(-c2cccc(N3CCN(C)c4nc(NCC)ncc4C3=O)c2)nn1. The number of fused-ring (bicyclic) bond motifs is 1. The van der Waals surface area contributed by atoms with Gasteiger partial charge >= 0.3 is 0 Å². The molecule has 9 nitrogen and oxygen atoms in total. The molecule has 1 N–H and O–H groups in total. The summed E-state index contributed by atoms with van der Waals surface area (Å²) < 4.78 is 1.64. The van der Waals surface area contributed by atoms with Crippen LogP contribution < -0.4 is 15.1 Å². The van der Waals surface area contributed by atoms with E-state index in [4.69, 9.17) is 0 Å². The van der Waals surface area contributed by atoms with Gasteiger partial charge in [-0.05, 0) is 32.0 Å². The highest BCUT2D eigenvalue weighted by Crippen LogP contribution is 2.27. The molecule has 4 rings (SSSR count). The zero-order valence-electron chi connectivity index (χ0n) is 15.8. The third kappa shape index (κ3) is 3.26. The number of likely N-dealkylation sites (N-methyl/N-ethyl adjacent to an activating group) is 1. The minimum Gasteiger partial charge on any atom is -0.357 e. The van der Waals surface area contributed by atoms with Crippen molar-refractivity contribution in [3.05, 3.63) is 54.8 Å². The highest BCUT2D eigenvalue weighted by molar-refractivity contribution is 6.09. The number of nitrogens with zero attached hydrogens (tertiary/aromatic N) is 7. The highest BCUT2D eigenvalue weighted by Gasteiger charge is 2.28. The van der Waals surface area contributed by atoms with Gasteiger partial charge in [0.05, 0.1) is 17.6 Å². The summed E-state index contributed by atoms with van der Waals surface area (Å²) in [4.78, 5) is 25.8. The fourth-order valence-corrected chi connectivity index (χ4v) is 3.14. The topological polar surface area (TPSA) is 92.1 Å². The first-order chi connectivity index (χ1) is 13.6. The predicted molar refractivity (Wildman–Crippen MR) is 107 cm³/mol. The van der Waals surface area contributed by atoms with E-state index in [0.29, 0.717) is 42.7 Å². The van der Waals surface area contributed by atoms with E-state index in [0.717, 1.165) is 11.4 Å². The summed E-state index contributed by atoms with van der Waals surface area (Å²) in [7, 11) is 1.93. The average molecular weight is 377 g/mol. The van der Waals surface area contributed by atoms with Crippen LogP contribution in [0.15, 0.2) is 36.7 Å². The van der Waals surface area contributed by atoms with Crippen LogP contribution in [0.1, 0.15) is 23.0 Å². The Bertz CT molecular complexity index is 1010. The number of rotatable bonds is 4. The maximum atomic E-state index is 13.3. The van der Waals surface area contributed by atoms with Crippen LogP contribution >= 0.6 is 0 Å². The van der Waals surface area contributed by atoms with Crippen LogP contribution in [-0.2, 0) is 0 Å². The number of anilines is 3. The number of hydrogen-bond donors (Lipinski definition) is 1. The fourth-order valence-electron chi connectivity index (χ4n) is 3.14. The van der Waals surface area contributed by atoms with Gasteiger partial charge in [-0.2, -0.15) is 4.98 Å². The molecule has 0 spiro atoms. The zero-order chi connectivity index (χ0) is 19.7. The number of carbonyl (C=O) groups is 1. The first-order valence-electron chi connectivity index (χ1n) is 9.05. The minimum atomic E-state index is -0.129. The molecule has 1 radical (unpaired) electrons. The molecule has 0 aliphatic carbocycles. The van der Waals surface area contributed by atoms with Gasteiger partial charge in [0.25, 0.3) is 5.91 Å². The van der Waals surface area contributed by atoms with Crippen molar-refractivity contribution < 1.29 is 4.79 Å². The fraction of sp³-hybridized carbons (Fsp3) is 0.263. The first kappa shape index (κ1) is 17.9. The van der Waals surface area contributed by atoms with Crippen LogP contribution in [0.4, 0.5) is 17.5 Å². The molecule has 1 aromatic carbocycles. The molecular formula is C19H21N8O. The molecule has 3 aromatic rings. The molecule has 2 aromatic heterocycles. The maximum Gasteiger partial charge on any atom is 0.263 e. The second-order valence-electron chi connectivity index (χ2n) is 6.51. The van der Waals surface area contributed by atoms with Crippen molar-refractivity contribution in [3.8, 4) is 5.69 Å². The largest absolute Gasteiger partial charge is 0.357 e. The molecule has 1 aliphatic heterocycles. The van der Waals surface area contributed by atoms with Crippen molar-refractivity contribution in [2.24, 2.45) is 0 Å². The van der Waals surface area contributed by atoms with Gasteiger partial charge in [0.2, 0.25) is 5.95 Å². The summed E-state index contributed by atoms with van der Waals surface area (Å²) in [5.74, 6) is 1.02. The van der Waals surface area contributed by atoms with Crippen LogP contribution in [-0.4, -0.2) is 57.6 Å². The Kier molecular flexibility index (Phi) is 4.64. The average Bonchev–Trinajstić information content (AvgIpc) is 3.10. The second-order valence-corrected chi connectivity index (χ2v) is 6.51. The molecule has 3 heterocycles. The second kappa shape index (κ2) is 7.26. The number of carbonyl (C=O) groups excluding carboxylic acids is 1. The van der Waals surface area contributed by atoms with Crippen LogP contribution in [0.3, 0.4) is 0 Å². The van der Waals surface area contributed by atoms with E-state index in [-0.39, 0.29) is 5.91 Å². The molecular weight excluding hydrogens is 356 g/mol. The van der Waals surface area contributed by atoms with Crippen molar-refractivity contribution >= 4 is 23.4 Å². The molecule has 1 aliphatic rings. The van der Waals surface area contributed by atoms with Gasteiger partial charge in [0.15, 0.2) is 0 Å². The van der Waals surface area contributed by atoms with Crippen molar-refractivity contribution in [2.45, 2.75) is 6.92 Å². The number of nitrogens with one attached hydrogen (secondary N) is 1. The quantitative estimate of drug-likeness (QED) is 0.741. The van der Waals surface area contributed by atoms with Gasteiger partial charge in [-0.15, -0.1) is 5.10 Å². The van der Waals surface area contributed by atoms with E-state index in [9.17, 15) is 4.79 Å². The standard InChI is InChI=1S/C19H21N8O/c1-4-20-19-21-11-16-17(22-19)25(3)8-9-26(18(16)28)14-6-5-7-15(10-14)27-12-13(2)23-24-27/h5-7,10-12H,2,4,8-9H2,1,3H3,(H,20,21,22). The van der Waals surface area contributed by atoms with Gasteiger partial charge in [-0.3, -0.25) is 4.79 Å². The molecule has 0 unspecified atom stereocenters. The lowest BCUT2D eigenvalue weighted by atomic mass is 10.2. The van der Waals surface area contributed by atoms with Crippen molar-refractivity contribution in [2.75, 3.05) is 41.8 Å². The first-order valence-corrected chi connectivity index (χ1v) is 9.05. The monoisotopic (exact) mass is 377 g/mol. The molecule has 143 valence electrons. The number of benzene rings is 1. The molecule has 0 saturated carbocycles. The molecule has 1 amide bonds. The Morgan fingerprint density at radius 2 is 2.07 bits per heavy atom. The third-order valence-electron chi connectivity index (χ3n) is 4.55. The van der Waals surface area contributed by atoms with Crippen LogP contribution in [0, 0.1) is 6.92 Å². The Labute approximate surface area is 163 Å². The molecule has 28 heavy (non-hydrogen) atoms. The van der Waals surface area contributed by atoms with Crippen molar-refractivity contribution in [3.63, 3.8) is 0 Å². The van der Waals surface area contributed by atoms with E-state index >= 15 is 0 Å². The lowest BCUT2D eigenvalue weighted by Gasteiger charge is -2.21. The number of aromatic nitrogens is 5. The van der Waals surface area contributed by atoms with Crippen molar-refractivity contribution in [1.82, 2.24) is 25.0 Å². The number of hydrogen-bond acceptors (Lipinski definition) is 7. The number of amides is 1. The normalized spacial score (nSPS) is 14.0. The Balaban J connectivity index is 1.70. The van der Waals surface area contributed by atoms with Crippen LogP contribution in [0.5, 0.6) is 0 Å². The lowest BCUT2D eigenvalue weighted by Crippen LogP contribution is -2.33. The van der Waals surface area contributed by atoms with Crippen LogP contribution in [0.2, 0.25) is 0 Å². The Morgan fingerprint density at radius 1 is 1.25 bits per heavy atom. The molecule has 0 atom stereocenters. The third-order valence-corrected chi connectivity index (χ3v) is 4.55. The van der Waals surface area contributed by atoms with Crippen LogP contribution in [0.25, 0.3) is 5.69 Å². The Morgan fingerprint density at radius 3 is 2.82 bits per heavy atom. The summed E-state index contributed by atoms with van der Waals surface area (Å²) in [6, 6.07) is 7.61. The maximum absolute atomic E-state index is 13.3. The predicted octanol–water partition coefficient (Wildman–Crippen LogP) is 1.77. The van der Waals surface area contributed by atoms with Gasteiger partial charge in [-0.25, -0.2) is 9.67 Å². The molecule has 0 bridgehead atoms. The zero-order valence-corrected chi connectivity index (χ0v) is 15.8. The van der Waals surface area contributed by atoms with E-state index in [2.05, 4.69) is 32.5 Å². The van der Waals surface area contributed by atoms with Gasteiger partial charge in [0.1, 0.15) is 11.4 Å². The Hall–Kier alpha value is -3.49. The lowest BCUT2D eigenvalue weighted by molar-refractivity contribution is 0.0989.